The van der Waals surface area contributed by atoms with E-state index in [-0.39, 0.29) is 17.6 Å². The maximum absolute atomic E-state index is 11.1. The van der Waals surface area contributed by atoms with E-state index in [1.807, 2.05) is 20.8 Å². The zero-order valence-electron chi connectivity index (χ0n) is 9.16. The van der Waals surface area contributed by atoms with Gasteiger partial charge in [0.1, 0.15) is 0 Å². The van der Waals surface area contributed by atoms with Crippen molar-refractivity contribution in [3.63, 3.8) is 0 Å². The highest BCUT2D eigenvalue weighted by Crippen LogP contribution is 2.28. The quantitative estimate of drug-likeness (QED) is 0.676. The van der Waals surface area contributed by atoms with E-state index in [1.165, 1.54) is 0 Å². The summed E-state index contributed by atoms with van der Waals surface area (Å²) in [6.07, 6.45) is 1.79. The Hall–Kier alpha value is -0.770. The Labute approximate surface area is 85.1 Å². The van der Waals surface area contributed by atoms with Crippen LogP contribution in [0.15, 0.2) is 0 Å². The highest BCUT2D eigenvalue weighted by atomic mass is 16.4. The monoisotopic (exact) mass is 200 g/mol. The fourth-order valence-corrected chi connectivity index (χ4v) is 2.22. The van der Waals surface area contributed by atoms with Crippen LogP contribution < -0.4 is 5.73 Å². The molecular formula is C10H20N2O2. The first kappa shape index (κ1) is 11.3. The molecule has 0 aliphatic heterocycles. The second-order valence-electron chi connectivity index (χ2n) is 5.05. The van der Waals surface area contributed by atoms with Gasteiger partial charge in [-0.2, -0.15) is 0 Å². The molecule has 3 N–H and O–H groups in total. The largest absolute Gasteiger partial charge is 0.465 e. The number of nitrogens with zero attached hydrogens (tertiary/aromatic N) is 1. The topological polar surface area (TPSA) is 66.6 Å². The molecule has 0 aromatic heterocycles. The van der Waals surface area contributed by atoms with E-state index in [1.54, 1.807) is 4.90 Å². The third-order valence-electron chi connectivity index (χ3n) is 2.74. The Morgan fingerprint density at radius 1 is 1.43 bits per heavy atom. The molecule has 0 bridgehead atoms. The van der Waals surface area contributed by atoms with E-state index < -0.39 is 6.09 Å². The van der Waals surface area contributed by atoms with Gasteiger partial charge in [0.05, 0.1) is 0 Å². The third kappa shape index (κ3) is 2.38. The van der Waals surface area contributed by atoms with Crippen LogP contribution in [0.25, 0.3) is 0 Å². The van der Waals surface area contributed by atoms with Crippen molar-refractivity contribution in [2.45, 2.75) is 57.7 Å². The normalized spacial score (nSPS) is 27.7. The molecule has 1 saturated carbocycles. The highest BCUT2D eigenvalue weighted by Gasteiger charge is 2.36. The van der Waals surface area contributed by atoms with Crippen molar-refractivity contribution in [3.8, 4) is 0 Å². The van der Waals surface area contributed by atoms with E-state index in [4.69, 9.17) is 10.8 Å². The number of amides is 1. The first-order chi connectivity index (χ1) is 6.32. The van der Waals surface area contributed by atoms with Crippen LogP contribution in [-0.2, 0) is 0 Å². The van der Waals surface area contributed by atoms with Gasteiger partial charge in [0.2, 0.25) is 0 Å². The number of hydrogen-bond donors (Lipinski definition) is 2. The Balaban J connectivity index is 2.74. The first-order valence-electron chi connectivity index (χ1n) is 5.10. The first-order valence-corrected chi connectivity index (χ1v) is 5.10. The lowest BCUT2D eigenvalue weighted by Crippen LogP contribution is -2.50. The zero-order chi connectivity index (χ0) is 10.9. The van der Waals surface area contributed by atoms with Crippen molar-refractivity contribution in [3.05, 3.63) is 0 Å². The number of carboxylic acid groups (broad SMARTS) is 1. The van der Waals surface area contributed by atoms with Crippen molar-refractivity contribution >= 4 is 6.09 Å². The van der Waals surface area contributed by atoms with Crippen LogP contribution in [0.1, 0.15) is 40.0 Å². The van der Waals surface area contributed by atoms with Gasteiger partial charge in [-0.05, 0) is 40.0 Å². The van der Waals surface area contributed by atoms with Crippen molar-refractivity contribution in [1.82, 2.24) is 4.90 Å². The van der Waals surface area contributed by atoms with Crippen LogP contribution in [0.3, 0.4) is 0 Å². The molecule has 0 aromatic rings. The standard InChI is InChI=1S/C10H20N2O2/c1-10(2,3)12(9(13)14)8-5-4-7(11)6-8/h7-8H,4-6,11H2,1-3H3,(H,13,14)/t7-,8+/m0/s1. The van der Waals surface area contributed by atoms with Crippen molar-refractivity contribution in [2.75, 3.05) is 0 Å². The summed E-state index contributed by atoms with van der Waals surface area (Å²) in [5, 5.41) is 9.14. The molecule has 1 aliphatic carbocycles. The Morgan fingerprint density at radius 3 is 2.29 bits per heavy atom. The van der Waals surface area contributed by atoms with E-state index in [9.17, 15) is 4.79 Å². The van der Waals surface area contributed by atoms with Crippen LogP contribution in [0.4, 0.5) is 4.79 Å². The van der Waals surface area contributed by atoms with Gasteiger partial charge in [-0.1, -0.05) is 0 Å². The number of hydrogen-bond acceptors (Lipinski definition) is 2. The summed E-state index contributed by atoms with van der Waals surface area (Å²) in [6, 6.07) is 0.270. The average molecular weight is 200 g/mol. The molecule has 4 nitrogen and oxygen atoms in total. The van der Waals surface area contributed by atoms with Gasteiger partial charge in [-0.25, -0.2) is 4.79 Å². The van der Waals surface area contributed by atoms with E-state index in [0.717, 1.165) is 19.3 Å². The Morgan fingerprint density at radius 2 is 2.00 bits per heavy atom. The molecule has 0 unspecified atom stereocenters. The maximum Gasteiger partial charge on any atom is 0.407 e. The molecule has 0 heterocycles. The zero-order valence-corrected chi connectivity index (χ0v) is 9.16. The predicted octanol–water partition coefficient (Wildman–Crippen LogP) is 1.64. The lowest BCUT2D eigenvalue weighted by Gasteiger charge is -2.38. The summed E-state index contributed by atoms with van der Waals surface area (Å²) >= 11 is 0. The molecule has 4 heteroatoms. The van der Waals surface area contributed by atoms with Gasteiger partial charge >= 0.3 is 6.09 Å². The molecule has 0 aromatic carbocycles. The minimum atomic E-state index is -0.836. The van der Waals surface area contributed by atoms with Crippen molar-refractivity contribution in [1.29, 1.82) is 0 Å². The van der Waals surface area contributed by atoms with Gasteiger partial charge in [0.25, 0.3) is 0 Å². The molecule has 1 fully saturated rings. The second kappa shape index (κ2) is 3.77. The predicted molar refractivity (Wildman–Crippen MR) is 55.2 cm³/mol. The Bertz CT molecular complexity index is 223. The number of carbonyl (C=O) groups is 1. The van der Waals surface area contributed by atoms with Gasteiger partial charge in [0, 0.05) is 17.6 Å². The van der Waals surface area contributed by atoms with Gasteiger partial charge < -0.3 is 15.7 Å². The van der Waals surface area contributed by atoms with E-state index in [2.05, 4.69) is 0 Å². The molecular weight excluding hydrogens is 180 g/mol. The molecule has 0 spiro atoms. The molecule has 1 amide bonds. The second-order valence-corrected chi connectivity index (χ2v) is 5.05. The number of rotatable bonds is 1. The minimum Gasteiger partial charge on any atom is -0.465 e. The van der Waals surface area contributed by atoms with Crippen molar-refractivity contribution < 1.29 is 9.90 Å². The fraction of sp³-hybridized carbons (Fsp3) is 0.900. The maximum atomic E-state index is 11.1. The molecule has 14 heavy (non-hydrogen) atoms. The molecule has 0 radical (unpaired) electrons. The van der Waals surface area contributed by atoms with Crippen molar-refractivity contribution in [2.24, 2.45) is 5.73 Å². The van der Waals surface area contributed by atoms with E-state index >= 15 is 0 Å². The molecule has 2 atom stereocenters. The molecule has 1 aliphatic rings. The number of nitrogens with two attached hydrogens (primary N) is 1. The summed E-state index contributed by atoms with van der Waals surface area (Å²) in [7, 11) is 0. The summed E-state index contributed by atoms with van der Waals surface area (Å²) in [5.41, 5.74) is 5.45. The lowest BCUT2D eigenvalue weighted by molar-refractivity contribution is 0.0716. The van der Waals surface area contributed by atoms with Gasteiger partial charge in [-0.3, -0.25) is 0 Å². The molecule has 1 rings (SSSR count). The summed E-state index contributed by atoms with van der Waals surface area (Å²) < 4.78 is 0. The Kier molecular flexibility index (Phi) is 3.04. The van der Waals surface area contributed by atoms with Crippen LogP contribution in [-0.4, -0.2) is 33.7 Å². The lowest BCUT2D eigenvalue weighted by atomic mass is 10.0. The highest BCUT2D eigenvalue weighted by molar-refractivity contribution is 5.66. The van der Waals surface area contributed by atoms with Crippen LogP contribution in [0, 0.1) is 0 Å². The average Bonchev–Trinajstić information content (AvgIpc) is 2.31. The van der Waals surface area contributed by atoms with Crippen LogP contribution >= 0.6 is 0 Å². The summed E-state index contributed by atoms with van der Waals surface area (Å²) in [4.78, 5) is 12.7. The smallest absolute Gasteiger partial charge is 0.407 e. The minimum absolute atomic E-state index is 0.0995. The molecule has 0 saturated heterocycles. The SMILES string of the molecule is CC(C)(C)N(C(=O)O)[C@@H]1CC[C@H](N)C1. The van der Waals surface area contributed by atoms with E-state index in [0.29, 0.717) is 0 Å². The third-order valence-corrected chi connectivity index (χ3v) is 2.74. The van der Waals surface area contributed by atoms with Crippen LogP contribution in [0.5, 0.6) is 0 Å². The fourth-order valence-electron chi connectivity index (χ4n) is 2.22. The summed E-state index contributed by atoms with van der Waals surface area (Å²) in [5.74, 6) is 0. The van der Waals surface area contributed by atoms with Crippen LogP contribution in [0.2, 0.25) is 0 Å². The van der Waals surface area contributed by atoms with Gasteiger partial charge in [0.15, 0.2) is 0 Å². The summed E-state index contributed by atoms with van der Waals surface area (Å²) in [6.45, 7) is 5.76. The van der Waals surface area contributed by atoms with Gasteiger partial charge in [-0.15, -0.1) is 0 Å². The molecule has 82 valence electrons.